The van der Waals surface area contributed by atoms with Crippen LogP contribution in [-0.4, -0.2) is 0 Å². The summed E-state index contributed by atoms with van der Waals surface area (Å²) in [5.74, 6) is 0. The van der Waals surface area contributed by atoms with Crippen molar-refractivity contribution in [1.29, 1.82) is 0 Å². The molecule has 0 N–H and O–H groups in total. The van der Waals surface area contributed by atoms with Gasteiger partial charge in [-0.2, -0.15) is 0 Å². The minimum Gasteiger partial charge on any atom is -0.309 e. The third kappa shape index (κ3) is 5.94. The Bertz CT molecular complexity index is 2880. The molecule has 10 aromatic carbocycles. The van der Waals surface area contributed by atoms with Gasteiger partial charge in [0.15, 0.2) is 0 Å². The van der Waals surface area contributed by atoms with Crippen LogP contribution in [0.2, 0.25) is 0 Å². The van der Waals surface area contributed by atoms with Crippen molar-refractivity contribution in [2.45, 2.75) is 53.4 Å². The second kappa shape index (κ2) is 14.7. The van der Waals surface area contributed by atoms with Gasteiger partial charge in [0.05, 0.1) is 22.7 Å². The second-order valence-electron chi connectivity index (χ2n) is 16.0. The van der Waals surface area contributed by atoms with Gasteiger partial charge >= 0.3 is 0 Å². The minimum atomic E-state index is 1.08. The lowest BCUT2D eigenvalue weighted by molar-refractivity contribution is 0.922. The number of benzene rings is 10. The Morgan fingerprint density at radius 1 is 0.345 bits per heavy atom. The number of fused-ring (bicyclic) bond motifs is 2. The van der Waals surface area contributed by atoms with Gasteiger partial charge in [0.2, 0.25) is 0 Å². The number of hydrogen-bond acceptors (Lipinski definition) is 2. The van der Waals surface area contributed by atoms with E-state index in [0.717, 1.165) is 37.1 Å². The third-order valence-electron chi connectivity index (χ3n) is 12.2. The molecule has 0 radical (unpaired) electrons. The first-order chi connectivity index (χ1) is 28.5. The molecule has 282 valence electrons. The molecule has 0 unspecified atom stereocenters. The van der Waals surface area contributed by atoms with E-state index in [2.05, 4.69) is 207 Å². The van der Waals surface area contributed by atoms with Crippen LogP contribution in [0.15, 0.2) is 170 Å². The van der Waals surface area contributed by atoms with Crippen LogP contribution in [0.3, 0.4) is 0 Å². The highest BCUT2D eigenvalue weighted by molar-refractivity contribution is 6.29. The first-order valence-corrected chi connectivity index (χ1v) is 21.0. The van der Waals surface area contributed by atoms with Gasteiger partial charge in [-0.05, 0) is 130 Å². The lowest BCUT2D eigenvalue weighted by Crippen LogP contribution is -2.13. The van der Waals surface area contributed by atoms with Crippen molar-refractivity contribution in [3.05, 3.63) is 192 Å². The number of aryl methyl sites for hydroxylation is 4. The van der Waals surface area contributed by atoms with E-state index in [1.54, 1.807) is 0 Å². The molecule has 0 saturated heterocycles. The normalized spacial score (nSPS) is 11.7. The third-order valence-corrected chi connectivity index (χ3v) is 12.2. The predicted molar refractivity (Wildman–Crippen MR) is 252 cm³/mol. The maximum atomic E-state index is 2.50. The van der Waals surface area contributed by atoms with Crippen molar-refractivity contribution in [1.82, 2.24) is 0 Å². The second-order valence-corrected chi connectivity index (χ2v) is 16.0. The molecule has 0 aromatic heterocycles. The monoisotopic (exact) mass is 748 g/mol. The molecule has 0 atom stereocenters. The van der Waals surface area contributed by atoms with Crippen LogP contribution in [0.4, 0.5) is 34.1 Å². The summed E-state index contributed by atoms with van der Waals surface area (Å²) in [6.45, 7) is 9.08. The first-order valence-electron chi connectivity index (χ1n) is 21.0. The van der Waals surface area contributed by atoms with E-state index in [1.807, 2.05) is 0 Å². The summed E-state index contributed by atoms with van der Waals surface area (Å²) in [5.41, 5.74) is 12.4. The molecular weight excluding hydrogens is 701 g/mol. The Labute approximate surface area is 341 Å². The summed E-state index contributed by atoms with van der Waals surface area (Å²) >= 11 is 0. The van der Waals surface area contributed by atoms with Crippen LogP contribution in [0.5, 0.6) is 0 Å². The van der Waals surface area contributed by atoms with E-state index >= 15 is 0 Å². The smallest absolute Gasteiger partial charge is 0.0543 e. The quantitative estimate of drug-likeness (QED) is 0.129. The Morgan fingerprint density at radius 2 is 0.724 bits per heavy atom. The van der Waals surface area contributed by atoms with Crippen LogP contribution in [0, 0.1) is 13.8 Å². The van der Waals surface area contributed by atoms with E-state index in [-0.39, 0.29) is 0 Å². The number of anilines is 6. The van der Waals surface area contributed by atoms with Crippen molar-refractivity contribution in [3.8, 4) is 0 Å². The van der Waals surface area contributed by atoms with E-state index in [4.69, 9.17) is 0 Å². The largest absolute Gasteiger partial charge is 0.309 e. The highest BCUT2D eigenvalue weighted by Crippen LogP contribution is 2.50. The molecule has 0 aliphatic carbocycles. The average Bonchev–Trinajstić information content (AvgIpc) is 3.26. The molecule has 10 rings (SSSR count). The SMILES string of the molecule is CCCc1ccc(N(c2cccc3ccccc23)c2cc(C)c3ccc4c(N(c5ccc(CCC)cc5)c5cccc6ccccc56)cc(C)c5ccc2c3c54)cc1. The minimum absolute atomic E-state index is 1.08. The number of nitrogens with zero attached hydrogens (tertiary/aromatic N) is 2. The number of rotatable bonds is 10. The van der Waals surface area contributed by atoms with Gasteiger partial charge in [-0.3, -0.25) is 0 Å². The molecule has 0 heterocycles. The van der Waals surface area contributed by atoms with Gasteiger partial charge in [0, 0.05) is 32.9 Å². The lowest BCUT2D eigenvalue weighted by atomic mass is 9.88. The zero-order chi connectivity index (χ0) is 39.3. The van der Waals surface area contributed by atoms with Crippen LogP contribution in [0.1, 0.15) is 48.9 Å². The van der Waals surface area contributed by atoms with E-state index in [1.165, 1.54) is 98.9 Å². The maximum absolute atomic E-state index is 2.50. The molecule has 10 aromatic rings. The van der Waals surface area contributed by atoms with Crippen LogP contribution in [-0.2, 0) is 12.8 Å². The van der Waals surface area contributed by atoms with Gasteiger partial charge in [-0.1, -0.05) is 148 Å². The topological polar surface area (TPSA) is 6.48 Å². The van der Waals surface area contributed by atoms with E-state index in [9.17, 15) is 0 Å². The lowest BCUT2D eigenvalue weighted by Gasteiger charge is -2.31. The summed E-state index contributed by atoms with van der Waals surface area (Å²) in [7, 11) is 0. The fourth-order valence-corrected chi connectivity index (χ4v) is 9.49. The van der Waals surface area contributed by atoms with E-state index in [0.29, 0.717) is 0 Å². The average molecular weight is 749 g/mol. The van der Waals surface area contributed by atoms with Crippen LogP contribution in [0.25, 0.3) is 53.9 Å². The van der Waals surface area contributed by atoms with Crippen molar-refractivity contribution < 1.29 is 0 Å². The molecular formula is C56H48N2. The fourth-order valence-electron chi connectivity index (χ4n) is 9.49. The van der Waals surface area contributed by atoms with Crippen molar-refractivity contribution in [2.75, 3.05) is 9.80 Å². The molecule has 0 fully saturated rings. The zero-order valence-corrected chi connectivity index (χ0v) is 33.9. The number of hydrogen-bond donors (Lipinski definition) is 0. The summed E-state index contributed by atoms with van der Waals surface area (Å²) in [4.78, 5) is 5.01. The highest BCUT2D eigenvalue weighted by atomic mass is 15.2. The molecule has 0 amide bonds. The standard InChI is InChI=1S/C56H48N2/c1-5-13-39-23-27-43(28-24-39)57(51-21-11-17-41-15-7-9-19-47(41)51)53-35-37(3)45-32-34-50-54(36-38(4)46-31-33-49(53)55(45)56(46)50)58(44-29-25-40(14-6-2)26-30-44)52-22-12-18-42-16-8-10-20-48(42)52/h7-12,15-36H,5-6,13-14H2,1-4H3. The van der Waals surface area contributed by atoms with Gasteiger partial charge < -0.3 is 9.80 Å². The van der Waals surface area contributed by atoms with Gasteiger partial charge in [0.25, 0.3) is 0 Å². The van der Waals surface area contributed by atoms with Gasteiger partial charge in [-0.25, -0.2) is 0 Å². The Kier molecular flexibility index (Phi) is 9.06. The molecule has 0 spiro atoms. The molecule has 2 nitrogen and oxygen atoms in total. The zero-order valence-electron chi connectivity index (χ0n) is 33.9. The summed E-state index contributed by atoms with van der Waals surface area (Å²) in [6.07, 6.45) is 4.41. The van der Waals surface area contributed by atoms with Crippen molar-refractivity contribution >= 4 is 88.0 Å². The molecule has 0 saturated carbocycles. The maximum Gasteiger partial charge on any atom is 0.0543 e. The van der Waals surface area contributed by atoms with Crippen LogP contribution < -0.4 is 9.80 Å². The highest BCUT2D eigenvalue weighted by Gasteiger charge is 2.25. The Morgan fingerprint density at radius 3 is 1.14 bits per heavy atom. The molecule has 0 aliphatic heterocycles. The summed E-state index contributed by atoms with van der Waals surface area (Å²) < 4.78 is 0. The summed E-state index contributed by atoms with van der Waals surface area (Å²) in [6, 6.07) is 63.8. The van der Waals surface area contributed by atoms with Crippen LogP contribution >= 0.6 is 0 Å². The molecule has 0 aliphatic rings. The predicted octanol–water partition coefficient (Wildman–Crippen LogP) is 16.4. The Balaban J connectivity index is 1.27. The Hall–Kier alpha value is -6.64. The molecule has 58 heavy (non-hydrogen) atoms. The van der Waals surface area contributed by atoms with E-state index < -0.39 is 0 Å². The first kappa shape index (κ1) is 35.8. The summed E-state index contributed by atoms with van der Waals surface area (Å²) in [5, 5.41) is 12.7. The molecule has 0 bridgehead atoms. The van der Waals surface area contributed by atoms with Crippen molar-refractivity contribution in [3.63, 3.8) is 0 Å². The molecule has 2 heteroatoms. The fraction of sp³-hybridized carbons (Fsp3) is 0.143. The van der Waals surface area contributed by atoms with Gasteiger partial charge in [-0.15, -0.1) is 0 Å². The van der Waals surface area contributed by atoms with Crippen molar-refractivity contribution in [2.24, 2.45) is 0 Å². The van der Waals surface area contributed by atoms with Gasteiger partial charge in [0.1, 0.15) is 0 Å².